The number of nitrogens with zero attached hydrogens (tertiary/aromatic N) is 2. The first kappa shape index (κ1) is 30.0. The van der Waals surface area contributed by atoms with E-state index in [1.807, 2.05) is 12.1 Å². The normalized spacial score (nSPS) is 25.4. The molecule has 0 bridgehead atoms. The maximum atomic E-state index is 6.48. The molecule has 0 aromatic heterocycles. The van der Waals surface area contributed by atoms with Crippen molar-refractivity contribution in [3.8, 4) is 0 Å². The van der Waals surface area contributed by atoms with Crippen LogP contribution in [-0.2, 0) is 19.1 Å². The summed E-state index contributed by atoms with van der Waals surface area (Å²) in [7, 11) is 4.09. The molecule has 1 aliphatic heterocycles. The molecular weight excluding hydrogens is 428 g/mol. The summed E-state index contributed by atoms with van der Waals surface area (Å²) in [6.07, 6.45) is 14.6. The van der Waals surface area contributed by atoms with Gasteiger partial charge in [-0.2, -0.15) is 10.1 Å². The molecule has 0 N–H and O–H groups in total. The van der Waals surface area contributed by atoms with Crippen molar-refractivity contribution < 1.29 is 19.1 Å². The van der Waals surface area contributed by atoms with Crippen molar-refractivity contribution in [3.05, 3.63) is 0 Å². The standard InChI is InChI=1S/C28H56N2O4/c1-27(2,3)29(7)32-22-12-9-10-16-24(34-30(8)28(4,5)6)20-19-23-15-14-17-25(23)33-26-18-11-13-21-31-26/h23-26H,9-22H2,1-8H3/t23-,24?,25+,26?/m0/s1. The van der Waals surface area contributed by atoms with Crippen LogP contribution in [0.4, 0.5) is 0 Å². The zero-order chi connectivity index (χ0) is 25.2. The van der Waals surface area contributed by atoms with E-state index in [0.29, 0.717) is 12.0 Å². The van der Waals surface area contributed by atoms with E-state index in [2.05, 4.69) is 53.7 Å². The van der Waals surface area contributed by atoms with Gasteiger partial charge in [0.2, 0.25) is 0 Å². The van der Waals surface area contributed by atoms with Gasteiger partial charge in [-0.25, -0.2) is 0 Å². The minimum atomic E-state index is 0.000949. The van der Waals surface area contributed by atoms with Gasteiger partial charge in [-0.1, -0.05) is 19.3 Å². The molecule has 1 aliphatic carbocycles. The van der Waals surface area contributed by atoms with E-state index >= 15 is 0 Å². The number of rotatable bonds is 14. The second-order valence-electron chi connectivity index (χ2n) is 12.5. The molecule has 6 heteroatoms. The first-order valence-corrected chi connectivity index (χ1v) is 14.0. The van der Waals surface area contributed by atoms with Crippen molar-refractivity contribution in [2.24, 2.45) is 5.92 Å². The van der Waals surface area contributed by atoms with Crippen molar-refractivity contribution in [2.45, 2.75) is 148 Å². The van der Waals surface area contributed by atoms with E-state index in [-0.39, 0.29) is 23.5 Å². The van der Waals surface area contributed by atoms with Crippen LogP contribution in [0.15, 0.2) is 0 Å². The molecule has 202 valence electrons. The summed E-state index contributed by atoms with van der Waals surface area (Å²) in [5.41, 5.74) is 0.0440. The van der Waals surface area contributed by atoms with Crippen LogP contribution in [-0.4, -0.2) is 67.0 Å². The Balaban J connectivity index is 1.77. The first-order chi connectivity index (χ1) is 16.0. The second kappa shape index (κ2) is 14.5. The van der Waals surface area contributed by atoms with Crippen molar-refractivity contribution in [3.63, 3.8) is 0 Å². The van der Waals surface area contributed by atoms with E-state index in [0.717, 1.165) is 38.9 Å². The summed E-state index contributed by atoms with van der Waals surface area (Å²) >= 11 is 0. The Kier molecular flexibility index (Phi) is 12.8. The van der Waals surface area contributed by atoms with Crippen molar-refractivity contribution in [2.75, 3.05) is 27.3 Å². The molecule has 0 amide bonds. The molecule has 4 atom stereocenters. The summed E-state index contributed by atoms with van der Waals surface area (Å²) < 4.78 is 12.3. The average Bonchev–Trinajstić information content (AvgIpc) is 3.20. The Bertz CT molecular complexity index is 540. The molecule has 0 radical (unpaired) electrons. The molecule has 1 saturated carbocycles. The Morgan fingerprint density at radius 2 is 1.56 bits per heavy atom. The molecule has 6 nitrogen and oxygen atoms in total. The molecule has 0 aromatic carbocycles. The second-order valence-corrected chi connectivity index (χ2v) is 12.5. The fourth-order valence-electron chi connectivity index (χ4n) is 4.60. The summed E-state index contributed by atoms with van der Waals surface area (Å²) in [5, 5.41) is 4.02. The highest BCUT2D eigenvalue weighted by atomic mass is 16.7. The Hall–Kier alpha value is -0.240. The van der Waals surface area contributed by atoms with Gasteiger partial charge in [0.1, 0.15) is 0 Å². The van der Waals surface area contributed by atoms with Gasteiger partial charge >= 0.3 is 0 Å². The summed E-state index contributed by atoms with van der Waals surface area (Å²) in [6, 6.07) is 0. The molecule has 1 heterocycles. The van der Waals surface area contributed by atoms with E-state index in [1.54, 1.807) is 0 Å². The van der Waals surface area contributed by atoms with Gasteiger partial charge in [-0.3, -0.25) is 9.68 Å². The molecule has 1 saturated heterocycles. The van der Waals surface area contributed by atoms with Crippen LogP contribution in [0.1, 0.15) is 119 Å². The lowest BCUT2D eigenvalue weighted by Gasteiger charge is -2.35. The van der Waals surface area contributed by atoms with E-state index < -0.39 is 0 Å². The van der Waals surface area contributed by atoms with Crippen molar-refractivity contribution >= 4 is 0 Å². The molecule has 2 rings (SSSR count). The van der Waals surface area contributed by atoms with Crippen LogP contribution in [0.2, 0.25) is 0 Å². The number of ether oxygens (including phenoxy) is 2. The predicted molar refractivity (Wildman–Crippen MR) is 139 cm³/mol. The largest absolute Gasteiger partial charge is 0.353 e. The maximum Gasteiger partial charge on any atom is 0.157 e. The lowest BCUT2D eigenvalue weighted by molar-refractivity contribution is -0.230. The van der Waals surface area contributed by atoms with Crippen LogP contribution in [0, 0.1) is 5.92 Å². The van der Waals surface area contributed by atoms with Gasteiger partial charge in [0.15, 0.2) is 6.29 Å². The zero-order valence-electron chi connectivity index (χ0n) is 23.7. The smallest absolute Gasteiger partial charge is 0.157 e. The summed E-state index contributed by atoms with van der Waals surface area (Å²) in [4.78, 5) is 12.4. The SMILES string of the molecule is CN(OCCCCCC(CC[C@@H]1CCC[C@H]1OC1CCCCO1)ON(C)C(C)(C)C)C(C)(C)C. The molecule has 2 unspecified atom stereocenters. The van der Waals surface area contributed by atoms with Crippen LogP contribution in [0.25, 0.3) is 0 Å². The van der Waals surface area contributed by atoms with Crippen LogP contribution in [0.3, 0.4) is 0 Å². The highest BCUT2D eigenvalue weighted by molar-refractivity contribution is 4.80. The van der Waals surface area contributed by atoms with Crippen molar-refractivity contribution in [1.82, 2.24) is 10.1 Å². The molecule has 0 aromatic rings. The third-order valence-electron chi connectivity index (χ3n) is 7.57. The quantitative estimate of drug-likeness (QED) is 0.201. The van der Waals surface area contributed by atoms with Gasteiger partial charge in [0, 0.05) is 31.8 Å². The van der Waals surface area contributed by atoms with Gasteiger partial charge in [-0.15, -0.1) is 0 Å². The zero-order valence-corrected chi connectivity index (χ0v) is 23.7. The maximum absolute atomic E-state index is 6.48. The average molecular weight is 485 g/mol. The predicted octanol–water partition coefficient (Wildman–Crippen LogP) is 6.73. The number of hydrogen-bond donors (Lipinski definition) is 0. The van der Waals surface area contributed by atoms with Gasteiger partial charge in [0.25, 0.3) is 0 Å². The first-order valence-electron chi connectivity index (χ1n) is 14.0. The molecule has 2 aliphatic rings. The van der Waals surface area contributed by atoms with Crippen LogP contribution >= 0.6 is 0 Å². The number of hydrogen-bond acceptors (Lipinski definition) is 6. The van der Waals surface area contributed by atoms with Crippen LogP contribution in [0.5, 0.6) is 0 Å². The third kappa shape index (κ3) is 11.2. The Morgan fingerprint density at radius 1 is 0.824 bits per heavy atom. The lowest BCUT2D eigenvalue weighted by Crippen LogP contribution is -2.41. The molecule has 34 heavy (non-hydrogen) atoms. The lowest BCUT2D eigenvalue weighted by atomic mass is 9.95. The van der Waals surface area contributed by atoms with Gasteiger partial charge in [-0.05, 0) is 105 Å². The highest BCUT2D eigenvalue weighted by Crippen LogP contribution is 2.35. The summed E-state index contributed by atoms with van der Waals surface area (Å²) in [6.45, 7) is 14.8. The van der Waals surface area contributed by atoms with E-state index in [9.17, 15) is 0 Å². The van der Waals surface area contributed by atoms with E-state index in [4.69, 9.17) is 19.1 Å². The van der Waals surface area contributed by atoms with Crippen LogP contribution < -0.4 is 0 Å². The molecular formula is C28H56N2O4. The third-order valence-corrected chi connectivity index (χ3v) is 7.57. The van der Waals surface area contributed by atoms with Gasteiger partial charge < -0.3 is 9.47 Å². The topological polar surface area (TPSA) is 43.4 Å². The Morgan fingerprint density at radius 3 is 2.21 bits per heavy atom. The number of unbranched alkanes of at least 4 members (excludes halogenated alkanes) is 2. The minimum Gasteiger partial charge on any atom is -0.353 e. The monoisotopic (exact) mass is 484 g/mol. The number of hydroxylamine groups is 4. The minimum absolute atomic E-state index is 0.000949. The summed E-state index contributed by atoms with van der Waals surface area (Å²) in [5.74, 6) is 0.637. The van der Waals surface area contributed by atoms with E-state index in [1.165, 1.54) is 51.4 Å². The fourth-order valence-corrected chi connectivity index (χ4v) is 4.60. The molecule has 0 spiro atoms. The molecule has 2 fully saturated rings. The van der Waals surface area contributed by atoms with Crippen molar-refractivity contribution in [1.29, 1.82) is 0 Å². The Labute approximate surface area is 210 Å². The highest BCUT2D eigenvalue weighted by Gasteiger charge is 2.32. The van der Waals surface area contributed by atoms with Gasteiger partial charge in [0.05, 0.1) is 18.8 Å². The fraction of sp³-hybridized carbons (Fsp3) is 1.00.